The summed E-state index contributed by atoms with van der Waals surface area (Å²) < 4.78 is 27.0. The van der Waals surface area contributed by atoms with Gasteiger partial charge in [0.25, 0.3) is 23.9 Å². The number of hydrogen-bond donors (Lipinski definition) is 6. The number of aliphatic hydroxyl groups is 4. The van der Waals surface area contributed by atoms with Crippen molar-refractivity contribution in [2.45, 2.75) is 108 Å². The second-order valence-corrected chi connectivity index (χ2v) is 23.9. The topological polar surface area (TPSA) is 300 Å². The summed E-state index contributed by atoms with van der Waals surface area (Å²) in [5, 5.41) is 42.4. The minimum Gasteiger partial charge on any atom is -1.00 e. The molecular formula is C74H99Br2Cl2IK2N8O15. The zero-order chi connectivity index (χ0) is 72.8. The van der Waals surface area contributed by atoms with Crippen molar-refractivity contribution in [1.82, 2.24) is 5.32 Å². The van der Waals surface area contributed by atoms with Gasteiger partial charge in [0.2, 0.25) is 4.69 Å². The van der Waals surface area contributed by atoms with Crippen LogP contribution >= 0.6 is 79.0 Å². The SMILES string of the molecule is C.C.CCCN=C1O/C(=C\c2ccc(OC[C@H](O)CO)c(Cl)c2)C(=O)N1c1ccccc1C.CCCN=C1OCC(=O)N1c1ccccc1C.CCCN=C1OCC(=O)N1c1ccccc1C.CCCNC(=O)Nc1ccccc1C.I.O=C(Br)CBr.O=Cc1ccc(OC[C@H](O)CO)c(Cl)c1.[2HH].[H-].[H-].[K+].[K+]. The van der Waals surface area contributed by atoms with Crippen LogP contribution in [0.3, 0.4) is 0 Å². The number of carbonyl (C=O) groups excluding carboxylic acids is 6. The zero-order valence-corrected chi connectivity index (χ0v) is 72.3. The van der Waals surface area contributed by atoms with Gasteiger partial charge >= 0.3 is 121 Å². The number of hydrogen-bond acceptors (Lipinski definition) is 18. The summed E-state index contributed by atoms with van der Waals surface area (Å²) in [5.74, 6) is 0.435. The van der Waals surface area contributed by atoms with E-state index in [4.69, 9.17) is 62.2 Å². The van der Waals surface area contributed by atoms with Crippen molar-refractivity contribution >= 4 is 161 Å². The Kier molecular flexibility index (Phi) is 55.3. The molecule has 3 aliphatic rings. The Labute approximate surface area is 744 Å². The zero-order valence-electron chi connectivity index (χ0n) is 61.0. The Morgan fingerprint density at radius 3 is 1.38 bits per heavy atom. The summed E-state index contributed by atoms with van der Waals surface area (Å²) in [7, 11) is 0. The smallest absolute Gasteiger partial charge is 1.00 e. The Balaban J connectivity index is -0.000000404. The van der Waals surface area contributed by atoms with Gasteiger partial charge in [0.1, 0.15) is 43.2 Å². The maximum absolute atomic E-state index is 13.1. The monoisotopic (exact) mass is 1770 g/mol. The number of benzene rings is 6. The molecule has 104 heavy (non-hydrogen) atoms. The second-order valence-electron chi connectivity index (χ2n) is 21.6. The maximum Gasteiger partial charge on any atom is 1.00 e. The van der Waals surface area contributed by atoms with Gasteiger partial charge in [0, 0.05) is 38.9 Å². The normalized spacial score (nSPS) is 14.3. The predicted octanol–water partition coefficient (Wildman–Crippen LogP) is 8.88. The van der Waals surface area contributed by atoms with Gasteiger partial charge in [-0.15, -0.1) is 24.0 Å². The second kappa shape index (κ2) is 56.7. The Morgan fingerprint density at radius 1 is 0.615 bits per heavy atom. The molecule has 0 bridgehead atoms. The molecule has 3 fully saturated rings. The number of urea groups is 1. The predicted molar refractivity (Wildman–Crippen MR) is 430 cm³/mol. The molecular weight excluding hydrogens is 1680 g/mol. The van der Waals surface area contributed by atoms with E-state index in [2.05, 4.69) is 57.5 Å². The summed E-state index contributed by atoms with van der Waals surface area (Å²) in [5.41, 5.74) is 8.45. The van der Waals surface area contributed by atoms with E-state index in [1.807, 2.05) is 152 Å². The van der Waals surface area contributed by atoms with Crippen molar-refractivity contribution in [3.8, 4) is 11.5 Å². The third kappa shape index (κ3) is 34.8. The Bertz CT molecular complexity index is 3700. The van der Waals surface area contributed by atoms with Crippen LogP contribution in [0.2, 0.25) is 10.0 Å². The van der Waals surface area contributed by atoms with Gasteiger partial charge < -0.3 is 57.6 Å². The van der Waals surface area contributed by atoms with E-state index in [-0.39, 0.29) is 219 Å². The van der Waals surface area contributed by atoms with E-state index in [1.54, 1.807) is 40.1 Å². The Morgan fingerprint density at radius 2 is 1.00 bits per heavy atom. The minimum atomic E-state index is -0.990. The van der Waals surface area contributed by atoms with E-state index in [0.717, 1.165) is 70.7 Å². The van der Waals surface area contributed by atoms with E-state index in [1.165, 1.54) is 17.0 Å². The number of halogens is 5. The van der Waals surface area contributed by atoms with Crippen LogP contribution in [-0.2, 0) is 33.4 Å². The molecule has 6 aromatic rings. The standard InChI is InChI=1S/C23H25ClN2O5.2C13H16N2O2.C11H16N2O.C10H11ClO4.C2H2Br2O.2CH4.HI.2K.H2.2H/c1-3-10-25-23-26(19-7-5-4-6-15(19)2)22(29)21(31-23)12-16-8-9-20(18(24)11-16)30-14-17(28)13-27;2*1-3-8-14-13-15(12(16)9-17-13)11-7-5-4-6-10(11)2;1-3-8-12-11(14)13-10-7-5-4-6-9(10)2;11-9-3-7(4-12)1-2-10(9)15-6-8(14)5-13;3-1-2(4)5;;;;;;;;/h4-9,11-12,17,27-28H,3,10,13-14H2,1-2H3;2*4-7H,3,8-9H2,1-2H3;4-7H,3,8H2,1-2H3,(H2,12,13,14);1-4,8,13-14H,5-6H2;1H2;2*1H4;1H;;;1H;;/q;;;;;;;;;2*+1;;2*-1/b21-12-,25-23?;;;;;;;;;;;;;/t17-;;;;8-;;;;;;;;;/m1...1........./s1/i;;;;;;;;;;;1+1;;. The molecule has 2 atom stereocenters. The Hall–Kier alpha value is -4.53. The number of aldehydes is 1. The van der Waals surface area contributed by atoms with Crippen LogP contribution in [0.1, 0.15) is 111 Å². The number of amidine groups is 3. The fourth-order valence-electron chi connectivity index (χ4n) is 8.47. The number of para-hydroxylation sites is 4. The van der Waals surface area contributed by atoms with Crippen molar-refractivity contribution in [2.75, 3.05) is 91.2 Å². The van der Waals surface area contributed by atoms with Crippen LogP contribution in [0.4, 0.5) is 27.5 Å². The number of alkyl halides is 1. The van der Waals surface area contributed by atoms with E-state index in [9.17, 15) is 33.9 Å². The number of nitrogens with one attached hydrogen (secondary N) is 2. The van der Waals surface area contributed by atoms with Crippen molar-refractivity contribution in [3.63, 3.8) is 0 Å². The first-order valence-electron chi connectivity index (χ1n) is 31.8. The van der Waals surface area contributed by atoms with Crippen LogP contribution in [0, 0.1) is 27.7 Å². The van der Waals surface area contributed by atoms with Crippen molar-refractivity contribution < 1.29 is 180 Å². The number of aliphatic hydroxyl groups excluding tert-OH is 4. The number of ether oxygens (including phenoxy) is 5. The number of amides is 5. The van der Waals surface area contributed by atoms with Crippen LogP contribution in [0.15, 0.2) is 154 Å². The molecule has 0 aliphatic carbocycles. The number of anilines is 4. The van der Waals surface area contributed by atoms with Gasteiger partial charge in [-0.1, -0.05) is 161 Å². The van der Waals surface area contributed by atoms with Gasteiger partial charge in [0.05, 0.1) is 45.7 Å². The number of nitrogens with zero attached hydrogens (tertiary/aromatic N) is 6. The molecule has 0 spiro atoms. The fraction of sp³-hybridized carbons (Fsp3) is 0.365. The van der Waals surface area contributed by atoms with Gasteiger partial charge in [-0.05, 0) is 158 Å². The first kappa shape index (κ1) is 102. The number of aryl methyl sites for hydroxylation is 4. The summed E-state index contributed by atoms with van der Waals surface area (Å²) in [6.45, 7) is 17.8. The quantitative estimate of drug-likeness (QED) is 0.00871. The first-order valence-corrected chi connectivity index (χ1v) is 34.4. The molecule has 0 radical (unpaired) electrons. The number of aliphatic imine (C=N–C) groups is 3. The van der Waals surface area contributed by atoms with E-state index >= 15 is 0 Å². The number of rotatable bonds is 23. The van der Waals surface area contributed by atoms with Gasteiger partial charge in [-0.2, -0.15) is 0 Å². The molecule has 3 heterocycles. The van der Waals surface area contributed by atoms with E-state index < -0.39 is 18.8 Å². The van der Waals surface area contributed by atoms with Gasteiger partial charge in [-0.3, -0.25) is 24.0 Å². The molecule has 0 saturated carbocycles. The summed E-state index contributed by atoms with van der Waals surface area (Å²) in [6.07, 6.45) is 3.98. The van der Waals surface area contributed by atoms with Crippen LogP contribution in [0.25, 0.3) is 6.08 Å². The van der Waals surface area contributed by atoms with Gasteiger partial charge in [0.15, 0.2) is 19.0 Å². The molecule has 5 amide bonds. The number of carbonyl (C=O) groups is 6. The molecule has 30 heteroatoms. The van der Waals surface area contributed by atoms with Crippen LogP contribution < -0.4 is 138 Å². The molecule has 3 saturated heterocycles. The molecule has 0 unspecified atom stereocenters. The summed E-state index contributed by atoms with van der Waals surface area (Å²) in [6, 6.07) is 41.2. The molecule has 3 aliphatic heterocycles. The largest absolute Gasteiger partial charge is 1.00 e. The summed E-state index contributed by atoms with van der Waals surface area (Å²) >= 11 is 17.7. The minimum absolute atomic E-state index is 0. The van der Waals surface area contributed by atoms with Crippen molar-refractivity contribution in [1.29, 1.82) is 0 Å². The average Bonchev–Trinajstić information content (AvgIpc) is 1.64. The molecule has 562 valence electrons. The van der Waals surface area contributed by atoms with Crippen molar-refractivity contribution in [3.05, 3.63) is 183 Å². The molecule has 0 aromatic heterocycles. The third-order valence-corrected chi connectivity index (χ3v) is 15.6. The molecule has 23 nitrogen and oxygen atoms in total. The third-order valence-electron chi connectivity index (χ3n) is 13.5. The van der Waals surface area contributed by atoms with Gasteiger partial charge in [-0.25, -0.2) is 34.5 Å². The maximum atomic E-state index is 13.1. The molecule has 9 rings (SSSR count). The fourth-order valence-corrected chi connectivity index (χ4v) is 8.95. The first-order chi connectivity index (χ1) is 47.6. The van der Waals surface area contributed by atoms with Crippen LogP contribution in [0.5, 0.6) is 11.5 Å². The van der Waals surface area contributed by atoms with E-state index in [0.29, 0.717) is 82.5 Å². The summed E-state index contributed by atoms with van der Waals surface area (Å²) in [4.78, 5) is 85.8. The van der Waals surface area contributed by atoms with Crippen LogP contribution in [-0.4, -0.2) is 157 Å². The molecule has 6 aromatic carbocycles. The molecule has 6 N–H and O–H groups in total. The average molecular weight is 1780 g/mol. The van der Waals surface area contributed by atoms with Crippen molar-refractivity contribution in [2.24, 2.45) is 15.0 Å².